The number of halogens is 2. The highest BCUT2D eigenvalue weighted by atomic mass is 35.5. The summed E-state index contributed by atoms with van der Waals surface area (Å²) in [4.78, 5) is 3.80. The van der Waals surface area contributed by atoms with E-state index in [9.17, 15) is 0 Å². The molecule has 0 atom stereocenters. The molecule has 1 aromatic heterocycles. The van der Waals surface area contributed by atoms with E-state index in [4.69, 9.17) is 28.5 Å². The van der Waals surface area contributed by atoms with Crippen LogP contribution < -0.4 is 0 Å². The standard InChI is InChI=1S/C9H8Cl2N2/c1-5(2)8-6(3-12)9(11)13-4-7(8)10/h4-5H,1-2H3. The van der Waals surface area contributed by atoms with Gasteiger partial charge in [-0.3, -0.25) is 0 Å². The fraction of sp³-hybridized carbons (Fsp3) is 0.333. The average Bonchev–Trinajstić information content (AvgIpc) is 2.07. The van der Waals surface area contributed by atoms with Gasteiger partial charge >= 0.3 is 0 Å². The maximum Gasteiger partial charge on any atom is 0.147 e. The van der Waals surface area contributed by atoms with Gasteiger partial charge in [-0.05, 0) is 11.5 Å². The van der Waals surface area contributed by atoms with Crippen molar-refractivity contribution in [3.05, 3.63) is 27.5 Å². The average molecular weight is 215 g/mol. The molecule has 0 saturated heterocycles. The Balaban J connectivity index is 3.46. The largest absolute Gasteiger partial charge is 0.242 e. The van der Waals surface area contributed by atoms with Crippen LogP contribution in [0.2, 0.25) is 10.2 Å². The van der Waals surface area contributed by atoms with Crippen LogP contribution in [0.25, 0.3) is 0 Å². The third-order valence-electron chi connectivity index (χ3n) is 1.71. The molecule has 0 saturated carbocycles. The van der Waals surface area contributed by atoms with Gasteiger partial charge in [-0.2, -0.15) is 5.26 Å². The Morgan fingerprint density at radius 1 is 1.46 bits per heavy atom. The Morgan fingerprint density at radius 3 is 2.46 bits per heavy atom. The molecule has 2 nitrogen and oxygen atoms in total. The molecule has 0 aromatic carbocycles. The third-order valence-corrected chi connectivity index (χ3v) is 2.30. The van der Waals surface area contributed by atoms with Gasteiger partial charge in [0.05, 0.1) is 10.6 Å². The van der Waals surface area contributed by atoms with E-state index in [-0.39, 0.29) is 11.1 Å². The van der Waals surface area contributed by atoms with E-state index in [0.29, 0.717) is 10.6 Å². The van der Waals surface area contributed by atoms with Gasteiger partial charge in [-0.25, -0.2) is 4.98 Å². The van der Waals surface area contributed by atoms with Crippen LogP contribution in [-0.2, 0) is 0 Å². The molecule has 0 aliphatic heterocycles. The molecule has 13 heavy (non-hydrogen) atoms. The number of nitriles is 1. The molecule has 1 heterocycles. The molecule has 0 aliphatic carbocycles. The summed E-state index contributed by atoms with van der Waals surface area (Å²) in [5, 5.41) is 9.55. The minimum absolute atomic E-state index is 0.169. The molecule has 1 rings (SSSR count). The van der Waals surface area contributed by atoms with Gasteiger partial charge in [0.15, 0.2) is 0 Å². The molecule has 4 heteroatoms. The zero-order valence-corrected chi connectivity index (χ0v) is 8.82. The Hall–Kier alpha value is -0.780. The number of pyridine rings is 1. The predicted molar refractivity (Wildman–Crippen MR) is 53.1 cm³/mol. The third kappa shape index (κ3) is 1.93. The van der Waals surface area contributed by atoms with Crippen molar-refractivity contribution in [1.82, 2.24) is 4.98 Å². The highest BCUT2D eigenvalue weighted by molar-refractivity contribution is 6.33. The molecule has 0 fully saturated rings. The lowest BCUT2D eigenvalue weighted by atomic mass is 10.00. The van der Waals surface area contributed by atoms with Gasteiger partial charge in [0.2, 0.25) is 0 Å². The van der Waals surface area contributed by atoms with Gasteiger partial charge in [-0.15, -0.1) is 0 Å². The molecule has 0 spiro atoms. The molecular weight excluding hydrogens is 207 g/mol. The SMILES string of the molecule is CC(C)c1c(Cl)cnc(Cl)c1C#N. The molecule has 68 valence electrons. The summed E-state index contributed by atoms with van der Waals surface area (Å²) >= 11 is 11.7. The van der Waals surface area contributed by atoms with E-state index in [1.54, 1.807) is 0 Å². The van der Waals surface area contributed by atoms with Crippen molar-refractivity contribution in [1.29, 1.82) is 5.26 Å². The van der Waals surface area contributed by atoms with Gasteiger partial charge in [-0.1, -0.05) is 37.0 Å². The summed E-state index contributed by atoms with van der Waals surface area (Å²) < 4.78 is 0. The Bertz CT molecular complexity index is 367. The molecular formula is C9H8Cl2N2. The minimum atomic E-state index is 0.169. The predicted octanol–water partition coefficient (Wildman–Crippen LogP) is 3.38. The lowest BCUT2D eigenvalue weighted by Gasteiger charge is -2.10. The Labute approximate surface area is 87.1 Å². The number of nitrogens with zero attached hydrogens (tertiary/aromatic N) is 2. The van der Waals surface area contributed by atoms with Gasteiger partial charge in [0, 0.05) is 6.20 Å². The summed E-state index contributed by atoms with van der Waals surface area (Å²) in [5.74, 6) is 0.169. The van der Waals surface area contributed by atoms with Gasteiger partial charge in [0.25, 0.3) is 0 Å². The van der Waals surface area contributed by atoms with Crippen LogP contribution in [0.4, 0.5) is 0 Å². The summed E-state index contributed by atoms with van der Waals surface area (Å²) in [6, 6.07) is 2.01. The number of rotatable bonds is 1. The van der Waals surface area contributed by atoms with Crippen molar-refractivity contribution in [2.45, 2.75) is 19.8 Å². The number of hydrogen-bond donors (Lipinski definition) is 0. The molecule has 0 bridgehead atoms. The second-order valence-corrected chi connectivity index (χ2v) is 3.72. The first-order chi connectivity index (χ1) is 6.07. The second kappa shape index (κ2) is 3.95. The molecule has 0 aliphatic rings. The van der Waals surface area contributed by atoms with Crippen molar-refractivity contribution < 1.29 is 0 Å². The maximum absolute atomic E-state index is 8.84. The highest BCUT2D eigenvalue weighted by Crippen LogP contribution is 2.30. The Kier molecular flexibility index (Phi) is 3.13. The van der Waals surface area contributed by atoms with Crippen molar-refractivity contribution >= 4 is 23.2 Å². The van der Waals surface area contributed by atoms with Gasteiger partial charge in [0.1, 0.15) is 11.2 Å². The van der Waals surface area contributed by atoms with Crippen LogP contribution in [0.5, 0.6) is 0 Å². The van der Waals surface area contributed by atoms with E-state index >= 15 is 0 Å². The van der Waals surface area contributed by atoms with E-state index in [0.717, 1.165) is 5.56 Å². The van der Waals surface area contributed by atoms with Crippen LogP contribution in [0, 0.1) is 11.3 Å². The normalized spacial score (nSPS) is 10.2. The fourth-order valence-electron chi connectivity index (χ4n) is 1.15. The topological polar surface area (TPSA) is 36.7 Å². The Morgan fingerprint density at radius 2 is 2.08 bits per heavy atom. The first-order valence-corrected chi connectivity index (χ1v) is 4.57. The summed E-state index contributed by atoms with van der Waals surface area (Å²) in [6.07, 6.45) is 1.47. The lowest BCUT2D eigenvalue weighted by Crippen LogP contribution is -1.97. The lowest BCUT2D eigenvalue weighted by molar-refractivity contribution is 0.859. The van der Waals surface area contributed by atoms with Crippen molar-refractivity contribution in [3.8, 4) is 6.07 Å². The minimum Gasteiger partial charge on any atom is -0.242 e. The van der Waals surface area contributed by atoms with Crippen LogP contribution in [0.3, 0.4) is 0 Å². The summed E-state index contributed by atoms with van der Waals surface area (Å²) in [7, 11) is 0. The first kappa shape index (κ1) is 10.3. The smallest absolute Gasteiger partial charge is 0.147 e. The zero-order chi connectivity index (χ0) is 10.0. The van der Waals surface area contributed by atoms with Crippen molar-refractivity contribution in [2.75, 3.05) is 0 Å². The number of aromatic nitrogens is 1. The monoisotopic (exact) mass is 214 g/mol. The molecule has 0 radical (unpaired) electrons. The summed E-state index contributed by atoms with van der Waals surface area (Å²) in [5.41, 5.74) is 1.15. The highest BCUT2D eigenvalue weighted by Gasteiger charge is 2.14. The summed E-state index contributed by atoms with van der Waals surface area (Å²) in [6.45, 7) is 3.91. The van der Waals surface area contributed by atoms with Crippen LogP contribution in [0.15, 0.2) is 6.20 Å². The molecule has 0 amide bonds. The van der Waals surface area contributed by atoms with Crippen LogP contribution in [0.1, 0.15) is 30.9 Å². The zero-order valence-electron chi connectivity index (χ0n) is 7.31. The van der Waals surface area contributed by atoms with Crippen LogP contribution in [-0.4, -0.2) is 4.98 Å². The first-order valence-electron chi connectivity index (χ1n) is 3.82. The fourth-order valence-corrected chi connectivity index (χ4v) is 1.70. The van der Waals surface area contributed by atoms with E-state index < -0.39 is 0 Å². The van der Waals surface area contributed by atoms with E-state index in [1.807, 2.05) is 19.9 Å². The number of hydrogen-bond acceptors (Lipinski definition) is 2. The second-order valence-electron chi connectivity index (χ2n) is 2.95. The van der Waals surface area contributed by atoms with Crippen LogP contribution >= 0.6 is 23.2 Å². The quantitative estimate of drug-likeness (QED) is 0.673. The van der Waals surface area contributed by atoms with E-state index in [1.165, 1.54) is 6.20 Å². The van der Waals surface area contributed by atoms with Gasteiger partial charge < -0.3 is 0 Å². The molecule has 0 unspecified atom stereocenters. The molecule has 1 aromatic rings. The van der Waals surface area contributed by atoms with Crippen molar-refractivity contribution in [2.24, 2.45) is 0 Å². The van der Waals surface area contributed by atoms with Crippen molar-refractivity contribution in [3.63, 3.8) is 0 Å². The molecule has 0 N–H and O–H groups in total. The van der Waals surface area contributed by atoms with E-state index in [2.05, 4.69) is 4.98 Å². The maximum atomic E-state index is 8.84.